The molecule has 5 heteroatoms. The van der Waals surface area contributed by atoms with Crippen LogP contribution in [0.1, 0.15) is 5.56 Å². The lowest BCUT2D eigenvalue weighted by Crippen LogP contribution is -2.33. The van der Waals surface area contributed by atoms with Crippen LogP contribution in [-0.4, -0.2) is 11.9 Å². The van der Waals surface area contributed by atoms with E-state index in [9.17, 15) is 9.18 Å². The van der Waals surface area contributed by atoms with Crippen LogP contribution in [0.3, 0.4) is 0 Å². The molecule has 3 nitrogen and oxygen atoms in total. The summed E-state index contributed by atoms with van der Waals surface area (Å²) in [6.45, 7) is 0. The highest BCUT2D eigenvalue weighted by molar-refractivity contribution is 6.31. The molecule has 2 N–H and O–H groups in total. The molecule has 0 aliphatic carbocycles. The van der Waals surface area contributed by atoms with Gasteiger partial charge in [-0.15, -0.1) is 0 Å². The van der Waals surface area contributed by atoms with Gasteiger partial charge in [-0.2, -0.15) is 0 Å². The van der Waals surface area contributed by atoms with E-state index in [0.717, 1.165) is 11.3 Å². The SMILES string of the molecule is O=C(Nc1cccc(Cl)c1F)C1Cc2ccccc2N1. The highest BCUT2D eigenvalue weighted by atomic mass is 35.5. The van der Waals surface area contributed by atoms with Crippen molar-refractivity contribution in [2.45, 2.75) is 12.5 Å². The van der Waals surface area contributed by atoms with Gasteiger partial charge >= 0.3 is 0 Å². The summed E-state index contributed by atoms with van der Waals surface area (Å²) in [6.07, 6.45) is 0.587. The van der Waals surface area contributed by atoms with Crippen molar-refractivity contribution in [1.82, 2.24) is 0 Å². The van der Waals surface area contributed by atoms with Crippen molar-refractivity contribution >= 4 is 28.9 Å². The lowest BCUT2D eigenvalue weighted by molar-refractivity contribution is -0.116. The average Bonchev–Trinajstić information content (AvgIpc) is 2.88. The largest absolute Gasteiger partial charge is 0.373 e. The smallest absolute Gasteiger partial charge is 0.247 e. The number of amides is 1. The van der Waals surface area contributed by atoms with E-state index < -0.39 is 11.9 Å². The Balaban J connectivity index is 1.74. The van der Waals surface area contributed by atoms with E-state index in [-0.39, 0.29) is 16.6 Å². The fraction of sp³-hybridized carbons (Fsp3) is 0.133. The third-order valence-electron chi connectivity index (χ3n) is 3.30. The Kier molecular flexibility index (Phi) is 3.32. The Hall–Kier alpha value is -2.07. The van der Waals surface area contributed by atoms with Crippen molar-refractivity contribution in [2.24, 2.45) is 0 Å². The van der Waals surface area contributed by atoms with Gasteiger partial charge in [0.05, 0.1) is 10.7 Å². The number of halogens is 2. The highest BCUT2D eigenvalue weighted by Gasteiger charge is 2.26. The van der Waals surface area contributed by atoms with Gasteiger partial charge in [0.2, 0.25) is 5.91 Å². The number of carbonyl (C=O) groups excluding carboxylic acids is 1. The van der Waals surface area contributed by atoms with E-state index in [1.807, 2.05) is 24.3 Å². The number of hydrogen-bond donors (Lipinski definition) is 2. The predicted octanol–water partition coefficient (Wildman–Crippen LogP) is 3.45. The molecule has 2 aromatic rings. The van der Waals surface area contributed by atoms with Crippen LogP contribution in [0.25, 0.3) is 0 Å². The average molecular weight is 291 g/mol. The van der Waals surface area contributed by atoms with Gasteiger partial charge in [-0.1, -0.05) is 35.9 Å². The van der Waals surface area contributed by atoms with Crippen LogP contribution >= 0.6 is 11.6 Å². The van der Waals surface area contributed by atoms with Gasteiger partial charge in [0.1, 0.15) is 6.04 Å². The lowest BCUT2D eigenvalue weighted by atomic mass is 10.1. The maximum atomic E-state index is 13.7. The number of hydrogen-bond acceptors (Lipinski definition) is 2. The second kappa shape index (κ2) is 5.13. The lowest BCUT2D eigenvalue weighted by Gasteiger charge is -2.12. The predicted molar refractivity (Wildman–Crippen MR) is 77.6 cm³/mol. The minimum absolute atomic E-state index is 0.00883. The number of rotatable bonds is 2. The second-order valence-electron chi connectivity index (χ2n) is 4.65. The number of fused-ring (bicyclic) bond motifs is 1. The van der Waals surface area contributed by atoms with Crippen LogP contribution in [0, 0.1) is 5.82 Å². The van der Waals surface area contributed by atoms with Crippen molar-refractivity contribution in [2.75, 3.05) is 10.6 Å². The van der Waals surface area contributed by atoms with Crippen molar-refractivity contribution in [3.63, 3.8) is 0 Å². The molecule has 1 heterocycles. The first-order valence-corrected chi connectivity index (χ1v) is 6.62. The van der Waals surface area contributed by atoms with Crippen LogP contribution in [0.15, 0.2) is 42.5 Å². The molecule has 0 saturated carbocycles. The first-order chi connectivity index (χ1) is 9.65. The molecule has 0 bridgehead atoms. The van der Waals surface area contributed by atoms with Crippen molar-refractivity contribution in [3.05, 3.63) is 58.9 Å². The summed E-state index contributed by atoms with van der Waals surface area (Å²) in [5.41, 5.74) is 2.12. The summed E-state index contributed by atoms with van der Waals surface area (Å²) in [6, 6.07) is 11.8. The number of para-hydroxylation sites is 1. The molecule has 0 aromatic heterocycles. The minimum Gasteiger partial charge on any atom is -0.373 e. The number of nitrogens with one attached hydrogen (secondary N) is 2. The zero-order chi connectivity index (χ0) is 14.1. The Morgan fingerprint density at radius 1 is 1.25 bits per heavy atom. The third kappa shape index (κ3) is 2.34. The molecule has 102 valence electrons. The normalized spacial score (nSPS) is 16.4. The van der Waals surface area contributed by atoms with Gasteiger partial charge in [0, 0.05) is 12.1 Å². The van der Waals surface area contributed by atoms with Crippen LogP contribution in [0.4, 0.5) is 15.8 Å². The molecular weight excluding hydrogens is 279 g/mol. The maximum absolute atomic E-state index is 13.7. The molecule has 0 radical (unpaired) electrons. The third-order valence-corrected chi connectivity index (χ3v) is 3.59. The summed E-state index contributed by atoms with van der Waals surface area (Å²) in [7, 11) is 0. The van der Waals surface area contributed by atoms with Crippen molar-refractivity contribution in [3.8, 4) is 0 Å². The molecule has 0 spiro atoms. The zero-order valence-corrected chi connectivity index (χ0v) is 11.2. The number of benzene rings is 2. The van der Waals surface area contributed by atoms with Crippen LogP contribution in [-0.2, 0) is 11.2 Å². The quantitative estimate of drug-likeness (QED) is 0.889. The Morgan fingerprint density at radius 3 is 2.85 bits per heavy atom. The Labute approximate surface area is 120 Å². The summed E-state index contributed by atoms with van der Waals surface area (Å²) < 4.78 is 13.7. The Morgan fingerprint density at radius 2 is 2.05 bits per heavy atom. The standard InChI is InChI=1S/C15H12ClFN2O/c16-10-5-3-7-12(14(10)17)19-15(20)13-8-9-4-1-2-6-11(9)18-13/h1-7,13,18H,8H2,(H,19,20). The first kappa shape index (κ1) is 12.9. The topological polar surface area (TPSA) is 41.1 Å². The molecule has 1 aliphatic rings. The second-order valence-corrected chi connectivity index (χ2v) is 5.06. The van der Waals surface area contributed by atoms with E-state index in [0.29, 0.717) is 6.42 Å². The monoisotopic (exact) mass is 290 g/mol. The molecule has 1 atom stereocenters. The van der Waals surface area contributed by atoms with Crippen molar-refractivity contribution in [1.29, 1.82) is 0 Å². The van der Waals surface area contributed by atoms with Gasteiger partial charge in [-0.25, -0.2) is 4.39 Å². The van der Waals surface area contributed by atoms with Gasteiger partial charge in [-0.05, 0) is 23.8 Å². The van der Waals surface area contributed by atoms with E-state index in [4.69, 9.17) is 11.6 Å². The van der Waals surface area contributed by atoms with Crippen LogP contribution < -0.4 is 10.6 Å². The van der Waals surface area contributed by atoms with E-state index in [1.54, 1.807) is 6.07 Å². The summed E-state index contributed by atoms with van der Waals surface area (Å²) in [4.78, 5) is 12.2. The Bertz CT molecular complexity index is 650. The molecule has 1 amide bonds. The van der Waals surface area contributed by atoms with E-state index >= 15 is 0 Å². The van der Waals surface area contributed by atoms with Crippen molar-refractivity contribution < 1.29 is 9.18 Å². The molecule has 20 heavy (non-hydrogen) atoms. The van der Waals surface area contributed by atoms with Gasteiger partial charge in [-0.3, -0.25) is 4.79 Å². The minimum atomic E-state index is -0.613. The molecule has 2 aromatic carbocycles. The van der Waals surface area contributed by atoms with E-state index in [2.05, 4.69) is 10.6 Å². The zero-order valence-electron chi connectivity index (χ0n) is 10.5. The molecule has 0 saturated heterocycles. The van der Waals surface area contributed by atoms with Crippen LogP contribution in [0.5, 0.6) is 0 Å². The fourth-order valence-corrected chi connectivity index (χ4v) is 2.45. The van der Waals surface area contributed by atoms with Crippen LogP contribution in [0.2, 0.25) is 5.02 Å². The highest BCUT2D eigenvalue weighted by Crippen LogP contribution is 2.27. The molecule has 1 unspecified atom stereocenters. The molecule has 0 fully saturated rings. The van der Waals surface area contributed by atoms with Gasteiger partial charge in [0.25, 0.3) is 0 Å². The number of carbonyl (C=O) groups is 1. The fourth-order valence-electron chi connectivity index (χ4n) is 2.28. The molecular formula is C15H12ClFN2O. The first-order valence-electron chi connectivity index (χ1n) is 6.24. The summed E-state index contributed by atoms with van der Waals surface area (Å²) >= 11 is 5.69. The summed E-state index contributed by atoms with van der Waals surface area (Å²) in [5.74, 6) is -0.889. The van der Waals surface area contributed by atoms with Gasteiger partial charge < -0.3 is 10.6 Å². The number of anilines is 2. The van der Waals surface area contributed by atoms with E-state index in [1.165, 1.54) is 12.1 Å². The summed E-state index contributed by atoms with van der Waals surface area (Å²) in [5, 5.41) is 5.68. The molecule has 1 aliphatic heterocycles. The molecule has 3 rings (SSSR count). The van der Waals surface area contributed by atoms with Gasteiger partial charge in [0.15, 0.2) is 5.82 Å². The maximum Gasteiger partial charge on any atom is 0.247 e.